The lowest BCUT2D eigenvalue weighted by Gasteiger charge is -2.24. The normalized spacial score (nSPS) is 13.2. The van der Waals surface area contributed by atoms with Crippen LogP contribution in [0.1, 0.15) is 37.3 Å². The molecule has 1 aromatic rings. The minimum atomic E-state index is -0.254. The molecular formula is C13H24N4OS. The number of hydrogen-bond donors (Lipinski definition) is 2. The predicted molar refractivity (Wildman–Crippen MR) is 79.6 cm³/mol. The van der Waals surface area contributed by atoms with Crippen molar-refractivity contribution < 1.29 is 5.21 Å². The van der Waals surface area contributed by atoms with Gasteiger partial charge in [0.15, 0.2) is 0 Å². The number of thiazole rings is 1. The first-order valence-electron chi connectivity index (χ1n) is 6.42. The summed E-state index contributed by atoms with van der Waals surface area (Å²) in [7, 11) is 2.11. The van der Waals surface area contributed by atoms with Crippen LogP contribution in [0.15, 0.2) is 10.7 Å². The molecule has 0 aliphatic heterocycles. The fraction of sp³-hybridized carbons (Fsp3) is 0.692. The molecule has 3 N–H and O–H groups in total. The third-order valence-electron chi connectivity index (χ3n) is 3.40. The lowest BCUT2D eigenvalue weighted by Crippen LogP contribution is -2.32. The molecule has 0 spiro atoms. The van der Waals surface area contributed by atoms with Crippen LogP contribution >= 0.6 is 11.3 Å². The summed E-state index contributed by atoms with van der Waals surface area (Å²) >= 11 is 1.70. The summed E-state index contributed by atoms with van der Waals surface area (Å²) in [6.07, 6.45) is 1.91. The van der Waals surface area contributed by atoms with Crippen LogP contribution in [-0.2, 0) is 6.54 Å². The fourth-order valence-corrected chi connectivity index (χ4v) is 2.71. The van der Waals surface area contributed by atoms with Crippen LogP contribution in [0.25, 0.3) is 0 Å². The van der Waals surface area contributed by atoms with Crippen molar-refractivity contribution in [3.8, 4) is 0 Å². The van der Waals surface area contributed by atoms with Gasteiger partial charge in [-0.05, 0) is 33.4 Å². The van der Waals surface area contributed by atoms with E-state index in [1.54, 1.807) is 11.3 Å². The number of oxime groups is 1. The predicted octanol–water partition coefficient (Wildman–Crippen LogP) is 2.44. The molecule has 1 aromatic heterocycles. The lowest BCUT2D eigenvalue weighted by atomic mass is 9.86. The van der Waals surface area contributed by atoms with Crippen LogP contribution in [0.4, 0.5) is 0 Å². The molecule has 0 bridgehead atoms. The van der Waals surface area contributed by atoms with Crippen molar-refractivity contribution in [2.45, 2.75) is 40.2 Å². The van der Waals surface area contributed by atoms with E-state index in [9.17, 15) is 0 Å². The van der Waals surface area contributed by atoms with E-state index < -0.39 is 0 Å². The van der Waals surface area contributed by atoms with Crippen molar-refractivity contribution in [2.75, 3.05) is 13.6 Å². The van der Waals surface area contributed by atoms with Crippen LogP contribution in [0, 0.1) is 12.3 Å². The third kappa shape index (κ3) is 4.80. The number of rotatable bonds is 7. The SMILES string of the molecule is Cc1ncsc1CN(C)CCCC(C)(C)C(N)=NO. The maximum Gasteiger partial charge on any atom is 0.144 e. The number of aromatic nitrogens is 1. The van der Waals surface area contributed by atoms with Crippen LogP contribution < -0.4 is 5.73 Å². The maximum absolute atomic E-state index is 8.73. The van der Waals surface area contributed by atoms with E-state index in [0.717, 1.165) is 31.6 Å². The van der Waals surface area contributed by atoms with Crippen molar-refractivity contribution >= 4 is 17.2 Å². The molecule has 6 heteroatoms. The minimum Gasteiger partial charge on any atom is -0.409 e. The largest absolute Gasteiger partial charge is 0.409 e. The number of aryl methyl sites for hydroxylation is 1. The van der Waals surface area contributed by atoms with E-state index in [1.165, 1.54) is 4.88 Å². The lowest BCUT2D eigenvalue weighted by molar-refractivity contribution is 0.288. The molecular weight excluding hydrogens is 260 g/mol. The van der Waals surface area contributed by atoms with Gasteiger partial charge in [-0.3, -0.25) is 0 Å². The highest BCUT2D eigenvalue weighted by atomic mass is 32.1. The van der Waals surface area contributed by atoms with Crippen LogP contribution in [0.2, 0.25) is 0 Å². The standard InChI is InChI=1S/C13H24N4OS/c1-10-11(19-9-15-10)8-17(4)7-5-6-13(2,3)12(14)16-18/h9,18H,5-8H2,1-4H3,(H2,14,16). The molecule has 0 aliphatic rings. The summed E-state index contributed by atoms with van der Waals surface area (Å²) in [5.41, 5.74) is 8.43. The molecule has 0 unspecified atom stereocenters. The Bertz CT molecular complexity index is 428. The maximum atomic E-state index is 8.73. The minimum absolute atomic E-state index is 0.254. The van der Waals surface area contributed by atoms with Crippen molar-refractivity contribution in [2.24, 2.45) is 16.3 Å². The van der Waals surface area contributed by atoms with Crippen molar-refractivity contribution in [3.05, 3.63) is 16.1 Å². The first kappa shape index (κ1) is 15.9. The highest BCUT2D eigenvalue weighted by Gasteiger charge is 2.23. The monoisotopic (exact) mass is 284 g/mol. The second kappa shape index (κ2) is 6.86. The van der Waals surface area contributed by atoms with Gasteiger partial charge >= 0.3 is 0 Å². The van der Waals surface area contributed by atoms with Crippen molar-refractivity contribution in [3.63, 3.8) is 0 Å². The molecule has 0 aliphatic carbocycles. The average Bonchev–Trinajstić information content (AvgIpc) is 2.73. The van der Waals surface area contributed by atoms with Gasteiger partial charge in [0.25, 0.3) is 0 Å². The highest BCUT2D eigenvalue weighted by molar-refractivity contribution is 7.09. The Morgan fingerprint density at radius 3 is 2.79 bits per heavy atom. The first-order valence-corrected chi connectivity index (χ1v) is 7.30. The summed E-state index contributed by atoms with van der Waals surface area (Å²) < 4.78 is 0. The van der Waals surface area contributed by atoms with Gasteiger partial charge in [0.1, 0.15) is 5.84 Å². The smallest absolute Gasteiger partial charge is 0.144 e. The second-order valence-electron chi connectivity index (χ2n) is 5.57. The van der Waals surface area contributed by atoms with Gasteiger partial charge in [-0.1, -0.05) is 19.0 Å². The molecule has 0 amide bonds. The Morgan fingerprint density at radius 2 is 2.26 bits per heavy atom. The van der Waals surface area contributed by atoms with E-state index in [4.69, 9.17) is 10.9 Å². The summed E-state index contributed by atoms with van der Waals surface area (Å²) in [6.45, 7) is 7.95. The fourth-order valence-electron chi connectivity index (χ4n) is 1.86. The zero-order valence-electron chi connectivity index (χ0n) is 12.2. The average molecular weight is 284 g/mol. The molecule has 1 rings (SSSR count). The molecule has 1 heterocycles. The van der Waals surface area contributed by atoms with Gasteiger partial charge < -0.3 is 15.8 Å². The van der Waals surface area contributed by atoms with Crippen molar-refractivity contribution in [1.82, 2.24) is 9.88 Å². The van der Waals surface area contributed by atoms with Gasteiger partial charge in [-0.15, -0.1) is 11.3 Å². The summed E-state index contributed by atoms with van der Waals surface area (Å²) in [6, 6.07) is 0. The molecule has 19 heavy (non-hydrogen) atoms. The van der Waals surface area contributed by atoms with E-state index in [2.05, 4.69) is 22.1 Å². The first-order chi connectivity index (χ1) is 8.86. The molecule has 0 fully saturated rings. The second-order valence-corrected chi connectivity index (χ2v) is 6.51. The quantitative estimate of drug-likeness (QED) is 0.349. The van der Waals surface area contributed by atoms with Gasteiger partial charge in [0.2, 0.25) is 0 Å². The topological polar surface area (TPSA) is 74.7 Å². The highest BCUT2D eigenvalue weighted by Crippen LogP contribution is 2.23. The van der Waals surface area contributed by atoms with E-state index in [1.807, 2.05) is 26.3 Å². The number of amidine groups is 1. The Labute approximate surface area is 119 Å². The molecule has 0 saturated heterocycles. The van der Waals surface area contributed by atoms with E-state index in [0.29, 0.717) is 5.84 Å². The van der Waals surface area contributed by atoms with Crippen LogP contribution in [-0.4, -0.2) is 34.5 Å². The zero-order valence-corrected chi connectivity index (χ0v) is 13.0. The van der Waals surface area contributed by atoms with E-state index in [-0.39, 0.29) is 5.41 Å². The number of nitrogens with two attached hydrogens (primary N) is 1. The molecule has 0 saturated carbocycles. The van der Waals surface area contributed by atoms with E-state index >= 15 is 0 Å². The molecule has 5 nitrogen and oxygen atoms in total. The van der Waals surface area contributed by atoms with Crippen LogP contribution in [0.3, 0.4) is 0 Å². The van der Waals surface area contributed by atoms with Gasteiger partial charge in [-0.2, -0.15) is 0 Å². The Morgan fingerprint density at radius 1 is 1.58 bits per heavy atom. The van der Waals surface area contributed by atoms with Crippen molar-refractivity contribution in [1.29, 1.82) is 0 Å². The summed E-state index contributed by atoms with van der Waals surface area (Å²) in [5, 5.41) is 11.8. The number of nitrogens with zero attached hydrogens (tertiary/aromatic N) is 3. The molecule has 0 atom stereocenters. The van der Waals surface area contributed by atoms with Gasteiger partial charge in [-0.25, -0.2) is 4.98 Å². The van der Waals surface area contributed by atoms with Gasteiger partial charge in [0, 0.05) is 16.8 Å². The Kier molecular flexibility index (Phi) is 5.75. The molecule has 0 radical (unpaired) electrons. The number of hydrogen-bond acceptors (Lipinski definition) is 5. The van der Waals surface area contributed by atoms with Gasteiger partial charge in [0.05, 0.1) is 11.2 Å². The Balaban J connectivity index is 2.35. The van der Waals surface area contributed by atoms with Crippen LogP contribution in [0.5, 0.6) is 0 Å². The zero-order chi connectivity index (χ0) is 14.5. The molecule has 0 aromatic carbocycles. The molecule has 108 valence electrons. The summed E-state index contributed by atoms with van der Waals surface area (Å²) in [4.78, 5) is 7.85. The Hall–Kier alpha value is -1.14. The third-order valence-corrected chi connectivity index (χ3v) is 4.32. The summed E-state index contributed by atoms with van der Waals surface area (Å²) in [5.74, 6) is 0.299.